The van der Waals surface area contributed by atoms with E-state index in [9.17, 15) is 19.7 Å². The minimum atomic E-state index is -0.615. The maximum absolute atomic E-state index is 12.7. The SMILES string of the molecule is COC(=O)C1=C(C)N(c2ccc([N+](=O)[O-])cc2)C(=O)N[C@@H]1c1ccsc1. The summed E-state index contributed by atoms with van der Waals surface area (Å²) in [5.41, 5.74) is 1.83. The van der Waals surface area contributed by atoms with Gasteiger partial charge in [-0.2, -0.15) is 11.3 Å². The van der Waals surface area contributed by atoms with Crippen LogP contribution in [-0.4, -0.2) is 24.0 Å². The molecule has 1 aromatic carbocycles. The van der Waals surface area contributed by atoms with Crippen LogP contribution in [0.1, 0.15) is 18.5 Å². The second kappa shape index (κ2) is 6.96. The van der Waals surface area contributed by atoms with E-state index in [0.29, 0.717) is 17.0 Å². The maximum atomic E-state index is 12.7. The fraction of sp³-hybridized carbons (Fsp3) is 0.176. The van der Waals surface area contributed by atoms with Gasteiger partial charge in [-0.25, -0.2) is 9.59 Å². The Morgan fingerprint density at radius 2 is 2.00 bits per heavy atom. The summed E-state index contributed by atoms with van der Waals surface area (Å²) in [7, 11) is 1.28. The van der Waals surface area contributed by atoms with Crippen molar-refractivity contribution in [1.29, 1.82) is 0 Å². The van der Waals surface area contributed by atoms with E-state index in [4.69, 9.17) is 4.74 Å². The Balaban J connectivity index is 2.08. The molecular weight excluding hydrogens is 358 g/mol. The average molecular weight is 373 g/mol. The van der Waals surface area contributed by atoms with Crippen LogP contribution >= 0.6 is 11.3 Å². The molecule has 1 aliphatic rings. The van der Waals surface area contributed by atoms with Gasteiger partial charge in [-0.05, 0) is 41.4 Å². The highest BCUT2D eigenvalue weighted by Gasteiger charge is 2.37. The average Bonchev–Trinajstić information content (AvgIpc) is 3.15. The summed E-state index contributed by atoms with van der Waals surface area (Å²) in [4.78, 5) is 36.7. The fourth-order valence-corrected chi connectivity index (χ4v) is 3.53. The van der Waals surface area contributed by atoms with E-state index in [1.54, 1.807) is 6.92 Å². The van der Waals surface area contributed by atoms with E-state index >= 15 is 0 Å². The Kier molecular flexibility index (Phi) is 4.72. The smallest absolute Gasteiger partial charge is 0.337 e. The second-order valence-corrected chi connectivity index (χ2v) is 6.32. The summed E-state index contributed by atoms with van der Waals surface area (Å²) in [5.74, 6) is -0.550. The molecule has 0 aliphatic carbocycles. The number of allylic oxidation sites excluding steroid dienone is 1. The monoisotopic (exact) mass is 373 g/mol. The van der Waals surface area contributed by atoms with Gasteiger partial charge in [0.2, 0.25) is 0 Å². The van der Waals surface area contributed by atoms with Crippen LogP contribution in [0.5, 0.6) is 0 Å². The van der Waals surface area contributed by atoms with Gasteiger partial charge in [0.25, 0.3) is 5.69 Å². The molecule has 0 bridgehead atoms. The number of benzene rings is 1. The molecule has 0 fully saturated rings. The molecular formula is C17H15N3O5S. The summed E-state index contributed by atoms with van der Waals surface area (Å²) in [6.45, 7) is 1.64. The molecule has 3 rings (SSSR count). The minimum Gasteiger partial charge on any atom is -0.466 e. The lowest BCUT2D eigenvalue weighted by molar-refractivity contribution is -0.384. The quantitative estimate of drug-likeness (QED) is 0.503. The third kappa shape index (κ3) is 3.04. The number of esters is 1. The molecule has 2 amide bonds. The van der Waals surface area contributed by atoms with Crippen LogP contribution in [0.15, 0.2) is 52.4 Å². The molecule has 1 atom stereocenters. The first-order chi connectivity index (χ1) is 12.4. The van der Waals surface area contributed by atoms with Gasteiger partial charge in [-0.1, -0.05) is 0 Å². The Morgan fingerprint density at radius 3 is 2.54 bits per heavy atom. The molecule has 134 valence electrons. The number of carbonyl (C=O) groups is 2. The number of nitro groups is 1. The Hall–Kier alpha value is -3.20. The van der Waals surface area contributed by atoms with Crippen LogP contribution in [0.25, 0.3) is 0 Å². The van der Waals surface area contributed by atoms with E-state index in [0.717, 1.165) is 5.56 Å². The predicted octanol–water partition coefficient (Wildman–Crippen LogP) is 3.37. The van der Waals surface area contributed by atoms with Crippen LogP contribution in [0.3, 0.4) is 0 Å². The highest BCUT2D eigenvalue weighted by atomic mass is 32.1. The number of hydrogen-bond acceptors (Lipinski definition) is 6. The van der Waals surface area contributed by atoms with Gasteiger partial charge in [0.1, 0.15) is 0 Å². The highest BCUT2D eigenvalue weighted by molar-refractivity contribution is 7.08. The maximum Gasteiger partial charge on any atom is 0.337 e. The number of rotatable bonds is 4. The van der Waals surface area contributed by atoms with Gasteiger partial charge < -0.3 is 10.1 Å². The van der Waals surface area contributed by atoms with Gasteiger partial charge in [0.05, 0.1) is 29.3 Å². The molecule has 1 aliphatic heterocycles. The first-order valence-corrected chi connectivity index (χ1v) is 8.54. The fourth-order valence-electron chi connectivity index (χ4n) is 2.84. The predicted molar refractivity (Wildman–Crippen MR) is 95.9 cm³/mol. The van der Waals surface area contributed by atoms with Gasteiger partial charge >= 0.3 is 12.0 Å². The number of amides is 2. The first-order valence-electron chi connectivity index (χ1n) is 7.60. The third-order valence-corrected chi connectivity index (χ3v) is 4.79. The van der Waals surface area contributed by atoms with Crippen LogP contribution in [0.2, 0.25) is 0 Å². The Morgan fingerprint density at radius 1 is 1.31 bits per heavy atom. The molecule has 2 aromatic rings. The number of urea groups is 1. The molecule has 0 saturated carbocycles. The number of anilines is 1. The lowest BCUT2D eigenvalue weighted by Gasteiger charge is -2.34. The van der Waals surface area contributed by atoms with Gasteiger partial charge in [-0.3, -0.25) is 15.0 Å². The van der Waals surface area contributed by atoms with Crippen molar-refractivity contribution in [3.8, 4) is 0 Å². The van der Waals surface area contributed by atoms with E-state index in [-0.39, 0.29) is 5.69 Å². The van der Waals surface area contributed by atoms with Crippen LogP contribution in [-0.2, 0) is 9.53 Å². The lowest BCUT2D eigenvalue weighted by atomic mass is 9.96. The second-order valence-electron chi connectivity index (χ2n) is 5.54. The Labute approximate surface area is 152 Å². The van der Waals surface area contributed by atoms with Crippen molar-refractivity contribution < 1.29 is 19.2 Å². The topological polar surface area (TPSA) is 102 Å². The van der Waals surface area contributed by atoms with Crippen molar-refractivity contribution in [2.45, 2.75) is 13.0 Å². The molecule has 0 radical (unpaired) electrons. The van der Waals surface area contributed by atoms with Crippen LogP contribution in [0, 0.1) is 10.1 Å². The zero-order valence-corrected chi connectivity index (χ0v) is 14.8. The van der Waals surface area contributed by atoms with Crippen molar-refractivity contribution in [3.63, 3.8) is 0 Å². The summed E-state index contributed by atoms with van der Waals surface area (Å²) in [6.07, 6.45) is 0. The van der Waals surface area contributed by atoms with Gasteiger partial charge in [0.15, 0.2) is 0 Å². The molecule has 1 aromatic heterocycles. The summed E-state index contributed by atoms with van der Waals surface area (Å²) < 4.78 is 4.90. The van der Waals surface area contributed by atoms with Crippen molar-refractivity contribution in [2.24, 2.45) is 0 Å². The summed E-state index contributed by atoms with van der Waals surface area (Å²) in [5, 5.41) is 17.3. The van der Waals surface area contributed by atoms with E-state index in [1.807, 2.05) is 16.8 Å². The zero-order valence-electron chi connectivity index (χ0n) is 14.0. The van der Waals surface area contributed by atoms with E-state index < -0.39 is 23.0 Å². The van der Waals surface area contributed by atoms with Crippen molar-refractivity contribution in [1.82, 2.24) is 5.32 Å². The zero-order chi connectivity index (χ0) is 18.8. The molecule has 2 heterocycles. The third-order valence-electron chi connectivity index (χ3n) is 4.09. The van der Waals surface area contributed by atoms with Gasteiger partial charge in [-0.15, -0.1) is 0 Å². The summed E-state index contributed by atoms with van der Waals surface area (Å²) >= 11 is 1.46. The number of methoxy groups -OCH3 is 1. The highest BCUT2D eigenvalue weighted by Crippen LogP contribution is 2.35. The molecule has 9 heteroatoms. The normalized spacial score (nSPS) is 17.1. The number of thiophene rings is 1. The first kappa shape index (κ1) is 17.6. The number of hydrogen-bond donors (Lipinski definition) is 1. The van der Waals surface area contributed by atoms with Gasteiger partial charge in [0, 0.05) is 17.8 Å². The number of nitrogens with zero attached hydrogens (tertiary/aromatic N) is 2. The minimum absolute atomic E-state index is 0.0860. The number of nitrogens with one attached hydrogen (secondary N) is 1. The number of nitro benzene ring substituents is 1. The lowest BCUT2D eigenvalue weighted by Crippen LogP contribution is -2.48. The molecule has 0 spiro atoms. The van der Waals surface area contributed by atoms with Crippen LogP contribution in [0.4, 0.5) is 16.2 Å². The standard InChI is InChI=1S/C17H15N3O5S/c1-10-14(16(21)25-2)15(11-7-8-26-9-11)18-17(22)19(10)12-3-5-13(6-4-12)20(23)24/h3-9,15H,1-2H3,(H,18,22)/t15-/m1/s1. The van der Waals surface area contributed by atoms with E-state index in [1.165, 1.54) is 47.6 Å². The largest absolute Gasteiger partial charge is 0.466 e. The Bertz CT molecular complexity index is 890. The van der Waals surface area contributed by atoms with Crippen molar-refractivity contribution >= 4 is 34.7 Å². The van der Waals surface area contributed by atoms with Crippen LogP contribution < -0.4 is 10.2 Å². The molecule has 26 heavy (non-hydrogen) atoms. The number of ether oxygens (including phenoxy) is 1. The number of non-ortho nitro benzene ring substituents is 1. The summed E-state index contributed by atoms with van der Waals surface area (Å²) in [6, 6.07) is 6.31. The van der Waals surface area contributed by atoms with Crippen molar-refractivity contribution in [2.75, 3.05) is 12.0 Å². The molecule has 0 unspecified atom stereocenters. The number of carbonyl (C=O) groups excluding carboxylic acids is 2. The van der Waals surface area contributed by atoms with Crippen molar-refractivity contribution in [3.05, 3.63) is 68.0 Å². The van der Waals surface area contributed by atoms with E-state index in [2.05, 4.69) is 5.32 Å². The molecule has 1 N–H and O–H groups in total. The molecule has 8 nitrogen and oxygen atoms in total. The molecule has 0 saturated heterocycles.